The number of carbonyl (C=O) groups is 2. The monoisotopic (exact) mass is 445 g/mol. The third kappa shape index (κ3) is 3.88. The van der Waals surface area contributed by atoms with E-state index in [0.29, 0.717) is 25.4 Å². The van der Waals surface area contributed by atoms with Crippen molar-refractivity contribution in [2.45, 2.75) is 64.2 Å². The second kappa shape index (κ2) is 8.58. The van der Waals surface area contributed by atoms with Gasteiger partial charge in [0.25, 0.3) is 5.91 Å². The predicted octanol–water partition coefficient (Wildman–Crippen LogP) is 4.51. The minimum Gasteiger partial charge on any atom is -0.494 e. The van der Waals surface area contributed by atoms with E-state index in [1.807, 2.05) is 73.0 Å². The lowest BCUT2D eigenvalue weighted by Crippen LogP contribution is -2.64. The summed E-state index contributed by atoms with van der Waals surface area (Å²) in [6.07, 6.45) is 4.30. The molecule has 1 fully saturated rings. The molecule has 5 rings (SSSR count). The number of aromatic nitrogens is 1. The van der Waals surface area contributed by atoms with Crippen molar-refractivity contribution in [1.29, 1.82) is 0 Å². The van der Waals surface area contributed by atoms with Crippen LogP contribution >= 0.6 is 0 Å². The van der Waals surface area contributed by atoms with Gasteiger partial charge >= 0.3 is 0 Å². The Morgan fingerprint density at radius 1 is 1.12 bits per heavy atom. The second-order valence-electron chi connectivity index (χ2n) is 9.37. The molecule has 2 aromatic carbocycles. The molecule has 1 N–H and O–H groups in total. The van der Waals surface area contributed by atoms with E-state index in [0.717, 1.165) is 47.9 Å². The fraction of sp³-hybridized carbons (Fsp3) is 0.407. The van der Waals surface area contributed by atoms with Crippen molar-refractivity contribution in [2.75, 3.05) is 6.61 Å². The Morgan fingerprint density at radius 2 is 1.85 bits per heavy atom. The maximum absolute atomic E-state index is 13.8. The van der Waals surface area contributed by atoms with Crippen LogP contribution in [0.2, 0.25) is 0 Å². The van der Waals surface area contributed by atoms with Crippen molar-refractivity contribution >= 4 is 22.7 Å². The Balaban J connectivity index is 1.52. The van der Waals surface area contributed by atoms with Crippen molar-refractivity contribution in [1.82, 2.24) is 14.8 Å². The number of hydrogen-bond donors (Lipinski definition) is 1. The van der Waals surface area contributed by atoms with Crippen LogP contribution in [-0.2, 0) is 17.9 Å². The molecule has 172 valence electrons. The average molecular weight is 446 g/mol. The van der Waals surface area contributed by atoms with Gasteiger partial charge in [-0.2, -0.15) is 0 Å². The Labute approximate surface area is 194 Å². The number of carbonyl (C=O) groups excluding carboxylic acids is 2. The predicted molar refractivity (Wildman–Crippen MR) is 128 cm³/mol. The molecule has 0 spiro atoms. The van der Waals surface area contributed by atoms with E-state index in [1.165, 1.54) is 0 Å². The number of hydrogen-bond acceptors (Lipinski definition) is 3. The molecule has 2 heterocycles. The van der Waals surface area contributed by atoms with Crippen molar-refractivity contribution in [3.8, 4) is 5.75 Å². The zero-order chi connectivity index (χ0) is 23.0. The van der Waals surface area contributed by atoms with E-state index in [4.69, 9.17) is 4.74 Å². The van der Waals surface area contributed by atoms with Crippen molar-refractivity contribution < 1.29 is 14.3 Å². The van der Waals surface area contributed by atoms with Gasteiger partial charge in [0.15, 0.2) is 0 Å². The van der Waals surface area contributed by atoms with E-state index in [2.05, 4.69) is 5.32 Å². The Hall–Kier alpha value is -3.28. The van der Waals surface area contributed by atoms with Crippen LogP contribution in [0.15, 0.2) is 54.6 Å². The SMILES string of the molecule is CCOc1ccc(CN2C(=O)c3cc4ccccc4n3CC2(C)C(=O)NC2CCCC2)cc1. The number of nitrogens with one attached hydrogen (secondary N) is 1. The van der Waals surface area contributed by atoms with Gasteiger partial charge in [-0.1, -0.05) is 43.2 Å². The summed E-state index contributed by atoms with van der Waals surface area (Å²) in [7, 11) is 0. The highest BCUT2D eigenvalue weighted by molar-refractivity contribution is 6.03. The van der Waals surface area contributed by atoms with Gasteiger partial charge < -0.3 is 19.5 Å². The van der Waals surface area contributed by atoms with Gasteiger partial charge in [-0.15, -0.1) is 0 Å². The van der Waals surface area contributed by atoms with E-state index in [-0.39, 0.29) is 17.9 Å². The maximum atomic E-state index is 13.8. The Morgan fingerprint density at radius 3 is 2.58 bits per heavy atom. The summed E-state index contributed by atoms with van der Waals surface area (Å²) in [5.41, 5.74) is 1.60. The molecule has 1 unspecified atom stereocenters. The van der Waals surface area contributed by atoms with Crippen LogP contribution in [0, 0.1) is 0 Å². The summed E-state index contributed by atoms with van der Waals surface area (Å²) in [5.74, 6) is 0.612. The average Bonchev–Trinajstić information content (AvgIpc) is 3.46. The van der Waals surface area contributed by atoms with Crippen molar-refractivity contribution in [3.05, 3.63) is 65.9 Å². The molecule has 0 bridgehead atoms. The van der Waals surface area contributed by atoms with Gasteiger partial charge in [0.2, 0.25) is 5.91 Å². The zero-order valence-corrected chi connectivity index (χ0v) is 19.3. The van der Waals surface area contributed by atoms with Crippen LogP contribution in [0.25, 0.3) is 10.9 Å². The lowest BCUT2D eigenvalue weighted by atomic mass is 9.93. The first-order chi connectivity index (χ1) is 16.0. The largest absolute Gasteiger partial charge is 0.494 e. The topological polar surface area (TPSA) is 63.6 Å². The standard InChI is InChI=1S/C27H31N3O3/c1-3-33-22-14-12-19(13-15-22)17-30-25(31)24-16-20-8-4-7-11-23(20)29(24)18-27(30,2)26(32)28-21-9-5-6-10-21/h4,7-8,11-16,21H,3,5-6,9-10,17-18H2,1-2H3,(H,28,32). The molecule has 1 aliphatic carbocycles. The highest BCUT2D eigenvalue weighted by Crippen LogP contribution is 2.34. The molecule has 1 atom stereocenters. The molecule has 33 heavy (non-hydrogen) atoms. The zero-order valence-electron chi connectivity index (χ0n) is 19.3. The summed E-state index contributed by atoms with van der Waals surface area (Å²) in [4.78, 5) is 29.3. The minimum absolute atomic E-state index is 0.0721. The molecule has 0 saturated heterocycles. The normalized spacial score (nSPS) is 20.8. The van der Waals surface area contributed by atoms with Crippen LogP contribution in [-0.4, -0.2) is 39.5 Å². The van der Waals surface area contributed by atoms with Gasteiger partial charge in [0.1, 0.15) is 17.0 Å². The molecule has 1 aliphatic heterocycles. The Bertz CT molecular complexity index is 1180. The third-order valence-corrected chi connectivity index (χ3v) is 7.09. The maximum Gasteiger partial charge on any atom is 0.271 e. The van der Waals surface area contributed by atoms with Gasteiger partial charge in [0.05, 0.1) is 13.2 Å². The number of ether oxygens (including phenoxy) is 1. The van der Waals surface area contributed by atoms with Crippen molar-refractivity contribution in [3.63, 3.8) is 0 Å². The van der Waals surface area contributed by atoms with Gasteiger partial charge in [-0.3, -0.25) is 9.59 Å². The first-order valence-electron chi connectivity index (χ1n) is 11.9. The number of nitrogens with zero attached hydrogens (tertiary/aromatic N) is 2. The molecule has 6 heteroatoms. The Kier molecular flexibility index (Phi) is 5.60. The quantitative estimate of drug-likeness (QED) is 0.607. The van der Waals surface area contributed by atoms with E-state index >= 15 is 0 Å². The summed E-state index contributed by atoms with van der Waals surface area (Å²) >= 11 is 0. The van der Waals surface area contributed by atoms with E-state index in [9.17, 15) is 9.59 Å². The summed E-state index contributed by atoms with van der Waals surface area (Å²) in [6.45, 7) is 5.25. The molecular formula is C27H31N3O3. The van der Waals surface area contributed by atoms with Gasteiger partial charge in [-0.05, 0) is 56.5 Å². The van der Waals surface area contributed by atoms with Crippen LogP contribution in [0.4, 0.5) is 0 Å². The lowest BCUT2D eigenvalue weighted by Gasteiger charge is -2.44. The number of benzene rings is 2. The highest BCUT2D eigenvalue weighted by atomic mass is 16.5. The number of amides is 2. The van der Waals surface area contributed by atoms with Crippen LogP contribution in [0.3, 0.4) is 0 Å². The number of para-hydroxylation sites is 1. The second-order valence-corrected chi connectivity index (χ2v) is 9.37. The molecule has 1 saturated carbocycles. The van der Waals surface area contributed by atoms with E-state index in [1.54, 1.807) is 4.90 Å². The molecule has 0 radical (unpaired) electrons. The summed E-state index contributed by atoms with van der Waals surface area (Å²) in [5, 5.41) is 4.27. The number of rotatable bonds is 6. The number of fused-ring (bicyclic) bond motifs is 3. The summed E-state index contributed by atoms with van der Waals surface area (Å²) < 4.78 is 7.57. The highest BCUT2D eigenvalue weighted by Gasteiger charge is 2.48. The molecule has 3 aromatic rings. The van der Waals surface area contributed by atoms with Crippen LogP contribution in [0.5, 0.6) is 5.75 Å². The first-order valence-corrected chi connectivity index (χ1v) is 11.9. The smallest absolute Gasteiger partial charge is 0.271 e. The fourth-order valence-electron chi connectivity index (χ4n) is 5.21. The molecule has 2 amide bonds. The van der Waals surface area contributed by atoms with Gasteiger partial charge in [-0.25, -0.2) is 0 Å². The minimum atomic E-state index is -0.993. The van der Waals surface area contributed by atoms with Crippen LogP contribution in [0.1, 0.15) is 55.6 Å². The fourth-order valence-corrected chi connectivity index (χ4v) is 5.21. The molecule has 1 aromatic heterocycles. The lowest BCUT2D eigenvalue weighted by molar-refractivity contribution is -0.133. The molecular weight excluding hydrogens is 414 g/mol. The first kappa shape index (κ1) is 21.6. The van der Waals surface area contributed by atoms with Gasteiger partial charge in [0, 0.05) is 23.5 Å². The summed E-state index contributed by atoms with van der Waals surface area (Å²) in [6, 6.07) is 17.9. The van der Waals surface area contributed by atoms with E-state index < -0.39 is 5.54 Å². The third-order valence-electron chi connectivity index (χ3n) is 7.09. The molecule has 2 aliphatic rings. The van der Waals surface area contributed by atoms with Crippen LogP contribution < -0.4 is 10.1 Å². The molecule has 6 nitrogen and oxygen atoms in total. The van der Waals surface area contributed by atoms with Crippen molar-refractivity contribution in [2.24, 2.45) is 0 Å².